The van der Waals surface area contributed by atoms with Gasteiger partial charge < -0.3 is 29.5 Å². The molecule has 3 unspecified atom stereocenters. The summed E-state index contributed by atoms with van der Waals surface area (Å²) in [5.74, 6) is 2.51. The molecular formula is C29H42N4O7. The van der Waals surface area contributed by atoms with Crippen molar-refractivity contribution < 1.29 is 28.9 Å². The van der Waals surface area contributed by atoms with Crippen molar-refractivity contribution in [3.05, 3.63) is 57.6 Å². The van der Waals surface area contributed by atoms with E-state index in [0.29, 0.717) is 29.4 Å². The molecular weight excluding hydrogens is 516 g/mol. The van der Waals surface area contributed by atoms with E-state index in [2.05, 4.69) is 43.6 Å². The van der Waals surface area contributed by atoms with Crippen LogP contribution in [0.3, 0.4) is 0 Å². The quantitative estimate of drug-likeness (QED) is 0.210. The lowest BCUT2D eigenvalue weighted by atomic mass is 9.95. The Kier molecular flexibility index (Phi) is 13.3. The molecule has 11 heteroatoms. The van der Waals surface area contributed by atoms with Gasteiger partial charge in [-0.05, 0) is 61.2 Å². The molecule has 0 saturated heterocycles. The van der Waals surface area contributed by atoms with E-state index in [4.69, 9.17) is 29.9 Å². The topological polar surface area (TPSA) is 142 Å². The predicted molar refractivity (Wildman–Crippen MR) is 151 cm³/mol. The molecule has 2 aromatic carbocycles. The van der Waals surface area contributed by atoms with E-state index in [9.17, 15) is 10.1 Å². The van der Waals surface area contributed by atoms with E-state index in [1.54, 1.807) is 20.3 Å². The predicted octanol–water partition coefficient (Wildman–Crippen LogP) is 4.04. The minimum absolute atomic E-state index is 0.0489. The van der Waals surface area contributed by atoms with Crippen molar-refractivity contribution in [3.63, 3.8) is 0 Å². The van der Waals surface area contributed by atoms with Crippen LogP contribution in [0.4, 0.5) is 0 Å². The third-order valence-corrected chi connectivity index (χ3v) is 6.70. The summed E-state index contributed by atoms with van der Waals surface area (Å²) in [5, 5.41) is 18.7. The molecule has 3 atom stereocenters. The molecule has 0 aliphatic heterocycles. The van der Waals surface area contributed by atoms with E-state index in [1.165, 1.54) is 0 Å². The molecule has 0 aromatic heterocycles. The Labute approximate surface area is 236 Å². The zero-order chi connectivity index (χ0) is 29.7. The standard InChI is InChI=1S/C29H42N4O7/c1-7-24(29(20(2)3)39-26-11-9-21(12-14-30)16-28(26)37-6)32(4)15-13-22-8-10-25(27(17-22)36-5)38-19-23(18-31)40-33(34)35/h8-11,16-17,20,23-24,29H,7,12-13,15,18-19,31H2,1-6H3. The van der Waals surface area contributed by atoms with E-state index in [-0.39, 0.29) is 31.2 Å². The molecule has 2 aromatic rings. The molecule has 0 aliphatic carbocycles. The van der Waals surface area contributed by atoms with Crippen molar-refractivity contribution >= 4 is 0 Å². The number of hydrogen-bond acceptors (Lipinski definition) is 10. The fourth-order valence-electron chi connectivity index (χ4n) is 4.51. The molecule has 11 nitrogen and oxygen atoms in total. The van der Waals surface area contributed by atoms with Crippen LogP contribution in [0.15, 0.2) is 36.4 Å². The summed E-state index contributed by atoms with van der Waals surface area (Å²) in [4.78, 5) is 17.4. The van der Waals surface area contributed by atoms with E-state index >= 15 is 0 Å². The average molecular weight is 559 g/mol. The van der Waals surface area contributed by atoms with Crippen LogP contribution in [0.2, 0.25) is 0 Å². The summed E-state index contributed by atoms with van der Waals surface area (Å²) in [6.45, 7) is 7.10. The lowest BCUT2D eigenvalue weighted by molar-refractivity contribution is -0.768. The van der Waals surface area contributed by atoms with Crippen LogP contribution in [0.1, 0.15) is 38.3 Å². The molecule has 0 radical (unpaired) electrons. The van der Waals surface area contributed by atoms with Gasteiger partial charge in [-0.25, -0.2) is 0 Å². The number of likely N-dealkylation sites (N-methyl/N-ethyl adjacent to an activating group) is 1. The van der Waals surface area contributed by atoms with Crippen LogP contribution in [0.25, 0.3) is 0 Å². The van der Waals surface area contributed by atoms with E-state index in [0.717, 1.165) is 30.5 Å². The van der Waals surface area contributed by atoms with Crippen molar-refractivity contribution in [2.24, 2.45) is 11.7 Å². The fraction of sp³-hybridized carbons (Fsp3) is 0.552. The van der Waals surface area contributed by atoms with Crippen molar-refractivity contribution in [1.29, 1.82) is 5.26 Å². The van der Waals surface area contributed by atoms with Crippen LogP contribution in [0, 0.1) is 27.4 Å². The van der Waals surface area contributed by atoms with Gasteiger partial charge in [0.2, 0.25) is 0 Å². The molecule has 2 rings (SSSR count). The maximum absolute atomic E-state index is 10.6. The number of ether oxygens (including phenoxy) is 4. The maximum atomic E-state index is 10.6. The maximum Gasteiger partial charge on any atom is 0.294 e. The zero-order valence-corrected chi connectivity index (χ0v) is 24.3. The molecule has 2 N–H and O–H groups in total. The van der Waals surface area contributed by atoms with Crippen molar-refractivity contribution in [1.82, 2.24) is 4.90 Å². The second-order valence-electron chi connectivity index (χ2n) is 9.84. The average Bonchev–Trinajstić information content (AvgIpc) is 2.94. The van der Waals surface area contributed by atoms with Gasteiger partial charge in [-0.15, -0.1) is 10.1 Å². The van der Waals surface area contributed by atoms with Gasteiger partial charge >= 0.3 is 0 Å². The summed E-state index contributed by atoms with van der Waals surface area (Å²) in [5.41, 5.74) is 7.46. The number of nitrogens with two attached hydrogens (primary N) is 1. The highest BCUT2D eigenvalue weighted by Crippen LogP contribution is 2.32. The third kappa shape index (κ3) is 9.47. The van der Waals surface area contributed by atoms with Gasteiger partial charge in [-0.1, -0.05) is 32.9 Å². The van der Waals surface area contributed by atoms with Crippen molar-refractivity contribution in [2.75, 3.05) is 41.0 Å². The van der Waals surface area contributed by atoms with Gasteiger partial charge in [0.15, 0.2) is 29.1 Å². The molecule has 0 fully saturated rings. The normalized spacial score (nSPS) is 13.3. The van der Waals surface area contributed by atoms with Crippen molar-refractivity contribution in [3.8, 4) is 29.1 Å². The molecule has 220 valence electrons. The zero-order valence-electron chi connectivity index (χ0n) is 24.3. The Hall–Kier alpha value is -3.75. The van der Waals surface area contributed by atoms with Crippen LogP contribution < -0.4 is 24.7 Å². The monoisotopic (exact) mass is 558 g/mol. The van der Waals surface area contributed by atoms with Crippen LogP contribution in [-0.2, 0) is 17.7 Å². The minimum Gasteiger partial charge on any atom is -0.493 e. The number of nitriles is 1. The molecule has 0 amide bonds. The first-order chi connectivity index (χ1) is 19.2. The van der Waals surface area contributed by atoms with Crippen molar-refractivity contribution in [2.45, 2.75) is 58.3 Å². The van der Waals surface area contributed by atoms with Crippen LogP contribution in [0.5, 0.6) is 23.0 Å². The Balaban J connectivity index is 2.10. The van der Waals surface area contributed by atoms with Crippen LogP contribution in [-0.4, -0.2) is 69.2 Å². The Morgan fingerprint density at radius 3 is 2.25 bits per heavy atom. The first-order valence-electron chi connectivity index (χ1n) is 13.4. The van der Waals surface area contributed by atoms with E-state index < -0.39 is 11.2 Å². The van der Waals surface area contributed by atoms with E-state index in [1.807, 2.05) is 30.3 Å². The number of hydrogen-bond donors (Lipinski definition) is 1. The molecule has 40 heavy (non-hydrogen) atoms. The lowest BCUT2D eigenvalue weighted by Crippen LogP contribution is -2.47. The Morgan fingerprint density at radius 2 is 1.68 bits per heavy atom. The first kappa shape index (κ1) is 32.5. The van der Waals surface area contributed by atoms with Gasteiger partial charge in [0.1, 0.15) is 12.7 Å². The highest BCUT2D eigenvalue weighted by Gasteiger charge is 2.29. The number of benzene rings is 2. The molecule has 0 bridgehead atoms. The summed E-state index contributed by atoms with van der Waals surface area (Å²) < 4.78 is 23.3. The Morgan fingerprint density at radius 1 is 1.05 bits per heavy atom. The van der Waals surface area contributed by atoms with Gasteiger partial charge in [0.25, 0.3) is 5.09 Å². The Bertz CT molecular complexity index is 1120. The minimum atomic E-state index is -0.876. The number of nitrogens with zero attached hydrogens (tertiary/aromatic N) is 3. The summed E-state index contributed by atoms with van der Waals surface area (Å²) in [6, 6.07) is 13.6. The fourth-order valence-corrected chi connectivity index (χ4v) is 4.51. The number of methoxy groups -OCH3 is 2. The van der Waals surface area contributed by atoms with Gasteiger partial charge in [-0.2, -0.15) is 5.26 Å². The third-order valence-electron chi connectivity index (χ3n) is 6.70. The molecule has 0 aliphatic rings. The first-order valence-corrected chi connectivity index (χ1v) is 13.4. The summed E-state index contributed by atoms with van der Waals surface area (Å²) >= 11 is 0. The smallest absolute Gasteiger partial charge is 0.294 e. The summed E-state index contributed by atoms with van der Waals surface area (Å²) in [6.07, 6.45) is 1.00. The molecule has 0 heterocycles. The molecule has 0 spiro atoms. The number of rotatable bonds is 18. The second kappa shape index (κ2) is 16.4. The van der Waals surface area contributed by atoms with Gasteiger partial charge in [0.05, 0.1) is 26.7 Å². The lowest BCUT2D eigenvalue weighted by Gasteiger charge is -2.36. The van der Waals surface area contributed by atoms with Crippen LogP contribution >= 0.6 is 0 Å². The van der Waals surface area contributed by atoms with Gasteiger partial charge in [-0.3, -0.25) is 4.90 Å². The SMILES string of the molecule is CCC(C(Oc1ccc(CC#N)cc1OC)C(C)C)N(C)CCc1ccc(OCC(CN)O[N+](=O)[O-])c(OC)c1. The highest BCUT2D eigenvalue weighted by molar-refractivity contribution is 5.44. The highest BCUT2D eigenvalue weighted by atomic mass is 17.0. The largest absolute Gasteiger partial charge is 0.493 e. The molecule has 0 saturated carbocycles. The van der Waals surface area contributed by atoms with Gasteiger partial charge in [0, 0.05) is 19.1 Å². The summed E-state index contributed by atoms with van der Waals surface area (Å²) in [7, 11) is 5.25. The second-order valence-corrected chi connectivity index (χ2v) is 9.84.